The van der Waals surface area contributed by atoms with E-state index in [4.69, 9.17) is 11.5 Å². The fraction of sp³-hybridized carbons (Fsp3) is 0. The van der Waals surface area contributed by atoms with Crippen LogP contribution in [0.2, 0.25) is 0 Å². The Hall–Kier alpha value is -2.21. The number of hydrogen-bond acceptors (Lipinski definition) is 4. The number of anilines is 1. The molecule has 2 aromatic rings. The fourth-order valence-electron chi connectivity index (χ4n) is 1.51. The lowest BCUT2D eigenvalue weighted by Gasteiger charge is -2.03. The Bertz CT molecular complexity index is 593. The summed E-state index contributed by atoms with van der Waals surface area (Å²) in [6.45, 7) is 0. The molecule has 0 fully saturated rings. The van der Waals surface area contributed by atoms with Crippen LogP contribution in [0.4, 0.5) is 5.69 Å². The van der Waals surface area contributed by atoms with Crippen molar-refractivity contribution >= 4 is 40.0 Å². The molecule has 0 aliphatic carbocycles. The Labute approximate surface area is 104 Å². The molecule has 0 bridgehead atoms. The number of rotatable bonds is 2. The maximum Gasteiger partial charge on any atom is 0.184 e. The standard InChI is InChI=1S/C11H11N5S/c12-9-3-1-2-8-7(9)4-5-14-10(8)6-15-16-11(13)17/h1-6H,12H2,(H3,13,16,17)/b15-6-. The number of nitrogens with two attached hydrogens (primary N) is 2. The van der Waals surface area contributed by atoms with Crippen LogP contribution in [0, 0.1) is 0 Å². The third kappa shape index (κ3) is 2.48. The van der Waals surface area contributed by atoms with Gasteiger partial charge in [0.2, 0.25) is 0 Å². The number of hydrogen-bond donors (Lipinski definition) is 3. The molecule has 1 heterocycles. The van der Waals surface area contributed by atoms with E-state index in [0.717, 1.165) is 10.8 Å². The smallest absolute Gasteiger partial charge is 0.184 e. The molecule has 0 saturated carbocycles. The second kappa shape index (κ2) is 4.75. The van der Waals surface area contributed by atoms with Gasteiger partial charge in [-0.05, 0) is 24.4 Å². The molecule has 1 aromatic heterocycles. The van der Waals surface area contributed by atoms with Gasteiger partial charge in [0.25, 0.3) is 0 Å². The van der Waals surface area contributed by atoms with E-state index >= 15 is 0 Å². The minimum atomic E-state index is 0.112. The minimum absolute atomic E-state index is 0.112. The van der Waals surface area contributed by atoms with Crippen LogP contribution in [-0.2, 0) is 0 Å². The lowest BCUT2D eigenvalue weighted by Crippen LogP contribution is -2.24. The number of nitrogen functional groups attached to an aromatic ring is 1. The topological polar surface area (TPSA) is 89.3 Å². The van der Waals surface area contributed by atoms with Crippen molar-refractivity contribution in [2.24, 2.45) is 10.8 Å². The van der Waals surface area contributed by atoms with E-state index in [9.17, 15) is 0 Å². The SMILES string of the molecule is NC(=S)N/N=C\c1nccc2c(N)cccc12. The van der Waals surface area contributed by atoms with Gasteiger partial charge in [0, 0.05) is 22.7 Å². The van der Waals surface area contributed by atoms with Gasteiger partial charge in [-0.25, -0.2) is 0 Å². The number of thiocarbonyl (C=S) groups is 1. The Balaban J connectivity index is 2.44. The fourth-order valence-corrected chi connectivity index (χ4v) is 1.57. The number of aromatic nitrogens is 1. The molecule has 0 amide bonds. The van der Waals surface area contributed by atoms with E-state index in [1.54, 1.807) is 12.4 Å². The van der Waals surface area contributed by atoms with Gasteiger partial charge in [-0.1, -0.05) is 12.1 Å². The zero-order chi connectivity index (χ0) is 12.3. The summed E-state index contributed by atoms with van der Waals surface area (Å²) >= 11 is 4.64. The molecule has 5 nitrogen and oxygen atoms in total. The van der Waals surface area contributed by atoms with Crippen molar-refractivity contribution in [3.05, 3.63) is 36.2 Å². The normalized spacial score (nSPS) is 10.8. The monoisotopic (exact) mass is 245 g/mol. The summed E-state index contributed by atoms with van der Waals surface area (Å²) in [7, 11) is 0. The first-order valence-corrected chi connectivity index (χ1v) is 5.31. The highest BCUT2D eigenvalue weighted by Gasteiger charge is 2.01. The Morgan fingerprint density at radius 3 is 2.94 bits per heavy atom. The molecule has 17 heavy (non-hydrogen) atoms. The van der Waals surface area contributed by atoms with Crippen LogP contribution in [0.5, 0.6) is 0 Å². The van der Waals surface area contributed by atoms with Crippen molar-refractivity contribution in [2.75, 3.05) is 5.73 Å². The lowest BCUT2D eigenvalue weighted by molar-refractivity contribution is 1.04. The molecular weight excluding hydrogens is 234 g/mol. The number of fused-ring (bicyclic) bond motifs is 1. The van der Waals surface area contributed by atoms with Crippen LogP contribution in [0.15, 0.2) is 35.6 Å². The number of nitrogens with zero attached hydrogens (tertiary/aromatic N) is 2. The zero-order valence-electron chi connectivity index (χ0n) is 8.92. The first kappa shape index (κ1) is 11.3. The van der Waals surface area contributed by atoms with E-state index in [-0.39, 0.29) is 5.11 Å². The maximum atomic E-state index is 5.87. The van der Waals surface area contributed by atoms with Gasteiger partial charge in [-0.15, -0.1) is 0 Å². The molecule has 5 N–H and O–H groups in total. The second-order valence-electron chi connectivity index (χ2n) is 3.37. The molecule has 0 radical (unpaired) electrons. The summed E-state index contributed by atoms with van der Waals surface area (Å²) in [5, 5.41) is 5.86. The van der Waals surface area contributed by atoms with Crippen molar-refractivity contribution in [1.82, 2.24) is 10.4 Å². The summed E-state index contributed by atoms with van der Waals surface area (Å²) in [6, 6.07) is 7.51. The van der Waals surface area contributed by atoms with Gasteiger partial charge in [0.1, 0.15) is 0 Å². The van der Waals surface area contributed by atoms with Gasteiger partial charge in [0.15, 0.2) is 5.11 Å². The van der Waals surface area contributed by atoms with Crippen LogP contribution in [0.25, 0.3) is 10.8 Å². The van der Waals surface area contributed by atoms with E-state index in [2.05, 4.69) is 27.7 Å². The molecule has 2 rings (SSSR count). The number of hydrazone groups is 1. The lowest BCUT2D eigenvalue weighted by atomic mass is 10.1. The van der Waals surface area contributed by atoms with E-state index < -0.39 is 0 Å². The molecule has 1 aromatic carbocycles. The van der Waals surface area contributed by atoms with Gasteiger partial charge < -0.3 is 11.5 Å². The van der Waals surface area contributed by atoms with Gasteiger partial charge in [-0.2, -0.15) is 5.10 Å². The number of pyridine rings is 1. The largest absolute Gasteiger partial charge is 0.398 e. The van der Waals surface area contributed by atoms with Crippen LogP contribution in [0.1, 0.15) is 5.69 Å². The average molecular weight is 245 g/mol. The minimum Gasteiger partial charge on any atom is -0.398 e. The molecule has 0 spiro atoms. The molecular formula is C11H11N5S. The highest BCUT2D eigenvalue weighted by molar-refractivity contribution is 7.80. The van der Waals surface area contributed by atoms with Gasteiger partial charge in [-0.3, -0.25) is 10.4 Å². The van der Waals surface area contributed by atoms with Crippen molar-refractivity contribution in [1.29, 1.82) is 0 Å². The molecule has 0 aliphatic rings. The second-order valence-corrected chi connectivity index (χ2v) is 3.81. The zero-order valence-corrected chi connectivity index (χ0v) is 9.74. The number of nitrogens with one attached hydrogen (secondary N) is 1. The molecule has 0 aliphatic heterocycles. The van der Waals surface area contributed by atoms with Gasteiger partial charge >= 0.3 is 0 Å². The van der Waals surface area contributed by atoms with E-state index in [1.807, 2.05) is 24.3 Å². The van der Waals surface area contributed by atoms with Crippen LogP contribution in [0.3, 0.4) is 0 Å². The summed E-state index contributed by atoms with van der Waals surface area (Å²) < 4.78 is 0. The summed E-state index contributed by atoms with van der Waals surface area (Å²) in [6.07, 6.45) is 3.24. The third-order valence-corrected chi connectivity index (χ3v) is 2.32. The Morgan fingerprint density at radius 2 is 2.18 bits per heavy atom. The predicted octanol–water partition coefficient (Wildman–Crippen LogP) is 0.984. The molecule has 6 heteroatoms. The molecule has 0 saturated heterocycles. The van der Waals surface area contributed by atoms with Crippen molar-refractivity contribution in [2.45, 2.75) is 0 Å². The molecule has 0 atom stereocenters. The quantitative estimate of drug-likeness (QED) is 0.318. The first-order valence-electron chi connectivity index (χ1n) is 4.90. The van der Waals surface area contributed by atoms with Crippen LogP contribution >= 0.6 is 12.2 Å². The molecule has 86 valence electrons. The van der Waals surface area contributed by atoms with Crippen LogP contribution in [-0.4, -0.2) is 16.3 Å². The summed E-state index contributed by atoms with van der Waals surface area (Å²) in [5.74, 6) is 0. The highest BCUT2D eigenvalue weighted by atomic mass is 32.1. The van der Waals surface area contributed by atoms with Crippen molar-refractivity contribution in [3.63, 3.8) is 0 Å². The number of benzene rings is 1. The van der Waals surface area contributed by atoms with Crippen molar-refractivity contribution < 1.29 is 0 Å². The van der Waals surface area contributed by atoms with E-state index in [1.165, 1.54) is 0 Å². The highest BCUT2D eigenvalue weighted by Crippen LogP contribution is 2.21. The molecule has 0 unspecified atom stereocenters. The summed E-state index contributed by atoms with van der Waals surface area (Å²) in [4.78, 5) is 4.22. The van der Waals surface area contributed by atoms with E-state index in [0.29, 0.717) is 11.4 Å². The predicted molar refractivity (Wildman–Crippen MR) is 73.7 cm³/mol. The third-order valence-electron chi connectivity index (χ3n) is 2.23. The van der Waals surface area contributed by atoms with Gasteiger partial charge in [0.05, 0.1) is 11.9 Å². The van der Waals surface area contributed by atoms with Crippen LogP contribution < -0.4 is 16.9 Å². The maximum absolute atomic E-state index is 5.87. The average Bonchev–Trinajstić information content (AvgIpc) is 2.30. The summed E-state index contributed by atoms with van der Waals surface area (Å²) in [5.41, 5.74) is 15.0. The first-order chi connectivity index (χ1) is 8.18. The van der Waals surface area contributed by atoms with Crippen molar-refractivity contribution in [3.8, 4) is 0 Å². The Kier molecular flexibility index (Phi) is 3.15. The Morgan fingerprint density at radius 1 is 1.35 bits per heavy atom.